The summed E-state index contributed by atoms with van der Waals surface area (Å²) in [5.41, 5.74) is 0.887. The van der Waals surface area contributed by atoms with Gasteiger partial charge in [0.15, 0.2) is 11.5 Å². The molecule has 3 heterocycles. The first-order valence-electron chi connectivity index (χ1n) is 7.30. The standard InChI is InChI=1S/C14H18N6O2/c1-10-4-5-13(17-15-10)19-6-2-3-11(7-19)8-20-9-12(14(21)22)16-18-20/h4-5,9,11H,2-3,6-8H2,1H3,(H,21,22)/t11-/m1/s1. The molecule has 116 valence electrons. The third-order valence-electron chi connectivity index (χ3n) is 3.83. The SMILES string of the molecule is Cc1ccc(N2CCC[C@@H](Cn3cc(C(=O)O)nn3)C2)nn1. The van der Waals surface area contributed by atoms with Crippen LogP contribution in [0.4, 0.5) is 5.82 Å². The highest BCUT2D eigenvalue weighted by atomic mass is 16.4. The van der Waals surface area contributed by atoms with Crippen LogP contribution in [0.2, 0.25) is 0 Å². The molecular weight excluding hydrogens is 284 g/mol. The minimum Gasteiger partial charge on any atom is -0.476 e. The van der Waals surface area contributed by atoms with Crippen molar-refractivity contribution in [2.45, 2.75) is 26.3 Å². The van der Waals surface area contributed by atoms with E-state index in [2.05, 4.69) is 25.4 Å². The number of aromatic nitrogens is 5. The summed E-state index contributed by atoms with van der Waals surface area (Å²) in [6, 6.07) is 3.95. The normalized spacial score (nSPS) is 18.4. The molecule has 8 heteroatoms. The highest BCUT2D eigenvalue weighted by molar-refractivity contribution is 5.84. The van der Waals surface area contributed by atoms with Crippen LogP contribution in [0.25, 0.3) is 0 Å². The molecule has 0 saturated carbocycles. The van der Waals surface area contributed by atoms with Gasteiger partial charge < -0.3 is 10.0 Å². The van der Waals surface area contributed by atoms with Crippen molar-refractivity contribution in [2.24, 2.45) is 5.92 Å². The van der Waals surface area contributed by atoms with E-state index >= 15 is 0 Å². The molecule has 0 unspecified atom stereocenters. The Bertz CT molecular complexity index is 654. The lowest BCUT2D eigenvalue weighted by molar-refractivity contribution is 0.0690. The number of rotatable bonds is 4. The van der Waals surface area contributed by atoms with Crippen LogP contribution in [0.3, 0.4) is 0 Å². The number of carboxylic acid groups (broad SMARTS) is 1. The molecule has 0 radical (unpaired) electrons. The Labute approximate surface area is 127 Å². The van der Waals surface area contributed by atoms with Crippen LogP contribution in [0.5, 0.6) is 0 Å². The summed E-state index contributed by atoms with van der Waals surface area (Å²) in [6.45, 7) is 4.41. The molecule has 1 aliphatic heterocycles. The van der Waals surface area contributed by atoms with E-state index in [0.717, 1.165) is 37.4 Å². The maximum Gasteiger partial charge on any atom is 0.358 e. The fraction of sp³-hybridized carbons (Fsp3) is 0.500. The van der Waals surface area contributed by atoms with Crippen molar-refractivity contribution in [2.75, 3.05) is 18.0 Å². The third-order valence-corrected chi connectivity index (χ3v) is 3.83. The van der Waals surface area contributed by atoms with E-state index < -0.39 is 5.97 Å². The van der Waals surface area contributed by atoms with E-state index in [-0.39, 0.29) is 5.69 Å². The molecule has 1 fully saturated rings. The molecule has 0 spiro atoms. The van der Waals surface area contributed by atoms with Crippen molar-refractivity contribution >= 4 is 11.8 Å². The fourth-order valence-corrected chi connectivity index (χ4v) is 2.73. The van der Waals surface area contributed by atoms with Crippen molar-refractivity contribution in [3.8, 4) is 0 Å². The van der Waals surface area contributed by atoms with E-state index in [1.165, 1.54) is 6.20 Å². The number of aryl methyl sites for hydroxylation is 1. The highest BCUT2D eigenvalue weighted by Crippen LogP contribution is 2.22. The quantitative estimate of drug-likeness (QED) is 0.899. The molecule has 1 N–H and O–H groups in total. The lowest BCUT2D eigenvalue weighted by atomic mass is 9.98. The summed E-state index contributed by atoms with van der Waals surface area (Å²) in [5, 5.41) is 24.7. The van der Waals surface area contributed by atoms with Gasteiger partial charge in [-0.15, -0.1) is 10.2 Å². The predicted octanol–water partition coefficient (Wildman–Crippen LogP) is 0.991. The molecule has 2 aromatic heterocycles. The van der Waals surface area contributed by atoms with Gasteiger partial charge in [-0.25, -0.2) is 4.79 Å². The number of aromatic carboxylic acids is 1. The molecule has 8 nitrogen and oxygen atoms in total. The van der Waals surface area contributed by atoms with Crippen molar-refractivity contribution in [3.05, 3.63) is 29.7 Å². The Kier molecular flexibility index (Phi) is 3.99. The van der Waals surface area contributed by atoms with Crippen LogP contribution in [-0.2, 0) is 6.54 Å². The van der Waals surface area contributed by atoms with Crippen molar-refractivity contribution in [1.29, 1.82) is 0 Å². The lowest BCUT2D eigenvalue weighted by Crippen LogP contribution is -2.37. The number of carboxylic acids is 1. The Balaban J connectivity index is 1.65. The van der Waals surface area contributed by atoms with Gasteiger partial charge >= 0.3 is 5.97 Å². The van der Waals surface area contributed by atoms with Crippen LogP contribution in [0, 0.1) is 12.8 Å². The van der Waals surface area contributed by atoms with Crippen molar-refractivity contribution < 1.29 is 9.90 Å². The lowest BCUT2D eigenvalue weighted by Gasteiger charge is -2.33. The number of anilines is 1. The van der Waals surface area contributed by atoms with Gasteiger partial charge in [-0.1, -0.05) is 5.21 Å². The molecule has 0 bridgehead atoms. The van der Waals surface area contributed by atoms with E-state index in [1.807, 2.05) is 19.1 Å². The molecule has 3 rings (SSSR count). The maximum atomic E-state index is 10.8. The predicted molar refractivity (Wildman–Crippen MR) is 78.7 cm³/mol. The molecule has 1 saturated heterocycles. The number of piperidine rings is 1. The number of nitrogens with zero attached hydrogens (tertiary/aromatic N) is 6. The van der Waals surface area contributed by atoms with E-state index in [0.29, 0.717) is 12.5 Å². The average molecular weight is 302 g/mol. The first-order chi connectivity index (χ1) is 10.6. The van der Waals surface area contributed by atoms with Crippen molar-refractivity contribution in [1.82, 2.24) is 25.2 Å². The largest absolute Gasteiger partial charge is 0.476 e. The second kappa shape index (κ2) is 6.08. The summed E-state index contributed by atoms with van der Waals surface area (Å²) >= 11 is 0. The summed E-state index contributed by atoms with van der Waals surface area (Å²) in [6.07, 6.45) is 3.63. The Hall–Kier alpha value is -2.51. The van der Waals surface area contributed by atoms with Gasteiger partial charge in [-0.05, 0) is 37.8 Å². The smallest absolute Gasteiger partial charge is 0.358 e. The minimum absolute atomic E-state index is 0.0166. The zero-order chi connectivity index (χ0) is 15.5. The van der Waals surface area contributed by atoms with Crippen molar-refractivity contribution in [3.63, 3.8) is 0 Å². The van der Waals surface area contributed by atoms with Crippen LogP contribution in [0.1, 0.15) is 29.0 Å². The third kappa shape index (κ3) is 3.21. The summed E-state index contributed by atoms with van der Waals surface area (Å²) < 4.78 is 1.61. The second-order valence-corrected chi connectivity index (χ2v) is 5.62. The highest BCUT2D eigenvalue weighted by Gasteiger charge is 2.22. The molecule has 1 aliphatic rings. The second-order valence-electron chi connectivity index (χ2n) is 5.62. The first kappa shape index (κ1) is 14.4. The van der Waals surface area contributed by atoms with Gasteiger partial charge in [0.05, 0.1) is 11.9 Å². The zero-order valence-corrected chi connectivity index (χ0v) is 12.4. The Morgan fingerprint density at radius 2 is 2.23 bits per heavy atom. The van der Waals surface area contributed by atoms with E-state index in [9.17, 15) is 4.79 Å². The molecule has 0 aliphatic carbocycles. The molecule has 1 atom stereocenters. The molecule has 2 aromatic rings. The number of carbonyl (C=O) groups is 1. The fourth-order valence-electron chi connectivity index (χ4n) is 2.73. The average Bonchev–Trinajstić information content (AvgIpc) is 2.97. The van der Waals surface area contributed by atoms with Gasteiger partial charge in [0.1, 0.15) is 0 Å². The van der Waals surface area contributed by atoms with Gasteiger partial charge in [0.2, 0.25) is 0 Å². The van der Waals surface area contributed by atoms with Crippen LogP contribution in [-0.4, -0.2) is 49.4 Å². The van der Waals surface area contributed by atoms with Crippen LogP contribution in [0.15, 0.2) is 18.3 Å². The summed E-state index contributed by atoms with van der Waals surface area (Å²) in [4.78, 5) is 13.0. The molecular formula is C14H18N6O2. The monoisotopic (exact) mass is 302 g/mol. The van der Waals surface area contributed by atoms with E-state index in [1.54, 1.807) is 4.68 Å². The zero-order valence-electron chi connectivity index (χ0n) is 12.4. The Morgan fingerprint density at radius 1 is 1.36 bits per heavy atom. The number of hydrogen-bond donors (Lipinski definition) is 1. The summed E-state index contributed by atoms with van der Waals surface area (Å²) in [7, 11) is 0. The maximum absolute atomic E-state index is 10.8. The summed E-state index contributed by atoms with van der Waals surface area (Å²) in [5.74, 6) is 0.228. The van der Waals surface area contributed by atoms with Gasteiger partial charge in [0, 0.05) is 19.6 Å². The van der Waals surface area contributed by atoms with Crippen LogP contribution < -0.4 is 4.90 Å². The Morgan fingerprint density at radius 3 is 2.91 bits per heavy atom. The first-order valence-corrected chi connectivity index (χ1v) is 7.30. The minimum atomic E-state index is -1.05. The molecule has 0 aromatic carbocycles. The van der Waals surface area contributed by atoms with Gasteiger partial charge in [-0.3, -0.25) is 4.68 Å². The topological polar surface area (TPSA) is 97.0 Å². The van der Waals surface area contributed by atoms with Gasteiger partial charge in [-0.2, -0.15) is 5.10 Å². The van der Waals surface area contributed by atoms with Gasteiger partial charge in [0.25, 0.3) is 0 Å². The molecule has 0 amide bonds. The molecule has 22 heavy (non-hydrogen) atoms. The number of hydrogen-bond acceptors (Lipinski definition) is 6. The van der Waals surface area contributed by atoms with Crippen LogP contribution >= 0.6 is 0 Å². The van der Waals surface area contributed by atoms with E-state index in [4.69, 9.17) is 5.11 Å².